The maximum Gasteiger partial charge on any atom is 0.0794 e. The first-order valence-corrected chi connectivity index (χ1v) is 5.32. The van der Waals surface area contributed by atoms with Gasteiger partial charge in [0, 0.05) is 19.1 Å². The Labute approximate surface area is 84.2 Å². The average molecular weight is 189 g/mol. The molecular weight excluding hydrogens is 174 g/mol. The van der Waals surface area contributed by atoms with Crippen LogP contribution in [-0.4, -0.2) is 35.2 Å². The number of hydrogen-bond acceptors (Lipinski definition) is 2. The zero-order valence-electron chi connectivity index (χ0n) is 8.19. The second-order valence-corrected chi connectivity index (χ2v) is 4.44. The summed E-state index contributed by atoms with van der Waals surface area (Å²) < 4.78 is 0. The number of likely N-dealkylation sites (tertiary alicyclic amines) is 1. The fourth-order valence-electron chi connectivity index (χ4n) is 2.58. The maximum absolute atomic E-state index is 9.25. The number of hydrogen-bond donors (Lipinski definition) is 1. The molecule has 1 saturated heterocycles. The van der Waals surface area contributed by atoms with Crippen LogP contribution in [0.4, 0.5) is 0 Å². The molecule has 1 aromatic carbocycles. The first-order chi connectivity index (χ1) is 6.83. The lowest BCUT2D eigenvalue weighted by Crippen LogP contribution is -2.55. The van der Waals surface area contributed by atoms with Gasteiger partial charge in [0.1, 0.15) is 0 Å². The Balaban J connectivity index is 1.73. The third-order valence-corrected chi connectivity index (χ3v) is 3.44. The minimum absolute atomic E-state index is 0.0706. The summed E-state index contributed by atoms with van der Waals surface area (Å²) >= 11 is 0. The summed E-state index contributed by atoms with van der Waals surface area (Å²) in [7, 11) is 0. The number of rotatable bonds is 1. The first kappa shape index (κ1) is 8.45. The highest BCUT2D eigenvalue weighted by molar-refractivity contribution is 5.33. The van der Waals surface area contributed by atoms with Gasteiger partial charge in [0.2, 0.25) is 0 Å². The summed E-state index contributed by atoms with van der Waals surface area (Å²) in [6.07, 6.45) is 2.27. The second-order valence-electron chi connectivity index (χ2n) is 4.44. The molecule has 0 spiro atoms. The molecule has 0 aromatic heterocycles. The number of nitrogens with zero attached hydrogens (tertiary/aromatic N) is 1. The molecule has 2 aliphatic rings. The van der Waals surface area contributed by atoms with Gasteiger partial charge >= 0.3 is 0 Å². The number of aliphatic hydroxyl groups is 1. The molecule has 0 unspecified atom stereocenters. The molecule has 2 heteroatoms. The van der Waals surface area contributed by atoms with Crippen LogP contribution in [0.1, 0.15) is 11.1 Å². The number of fused-ring (bicyclic) bond motifs is 1. The van der Waals surface area contributed by atoms with Crippen molar-refractivity contribution >= 4 is 0 Å². The van der Waals surface area contributed by atoms with E-state index in [0.29, 0.717) is 6.04 Å². The molecule has 2 nitrogen and oxygen atoms in total. The topological polar surface area (TPSA) is 23.5 Å². The molecule has 0 radical (unpaired) electrons. The van der Waals surface area contributed by atoms with E-state index in [-0.39, 0.29) is 6.10 Å². The third-order valence-electron chi connectivity index (χ3n) is 3.44. The van der Waals surface area contributed by atoms with E-state index in [1.54, 1.807) is 0 Å². The van der Waals surface area contributed by atoms with Crippen molar-refractivity contribution in [2.24, 2.45) is 0 Å². The van der Waals surface area contributed by atoms with Crippen molar-refractivity contribution in [3.8, 4) is 0 Å². The van der Waals surface area contributed by atoms with Crippen molar-refractivity contribution < 1.29 is 5.11 Å². The molecule has 1 aliphatic carbocycles. The van der Waals surface area contributed by atoms with E-state index in [0.717, 1.165) is 13.1 Å². The molecule has 1 heterocycles. The lowest BCUT2D eigenvalue weighted by atomic mass is 10.1. The van der Waals surface area contributed by atoms with Gasteiger partial charge in [0.15, 0.2) is 0 Å². The van der Waals surface area contributed by atoms with Crippen molar-refractivity contribution in [2.75, 3.05) is 13.1 Å². The second kappa shape index (κ2) is 3.07. The van der Waals surface area contributed by atoms with E-state index in [4.69, 9.17) is 0 Å². The summed E-state index contributed by atoms with van der Waals surface area (Å²) in [6, 6.07) is 9.34. The molecule has 0 atom stereocenters. The van der Waals surface area contributed by atoms with Crippen molar-refractivity contribution in [3.05, 3.63) is 35.4 Å². The van der Waals surface area contributed by atoms with Crippen molar-refractivity contribution in [1.29, 1.82) is 0 Å². The van der Waals surface area contributed by atoms with Crippen LogP contribution in [0, 0.1) is 0 Å². The Morgan fingerprint density at radius 1 is 1.07 bits per heavy atom. The molecule has 1 aliphatic heterocycles. The van der Waals surface area contributed by atoms with Crippen LogP contribution < -0.4 is 0 Å². The van der Waals surface area contributed by atoms with Gasteiger partial charge in [-0.25, -0.2) is 0 Å². The van der Waals surface area contributed by atoms with E-state index in [1.165, 1.54) is 24.0 Å². The van der Waals surface area contributed by atoms with Gasteiger partial charge in [-0.3, -0.25) is 4.90 Å². The smallest absolute Gasteiger partial charge is 0.0794 e. The molecule has 0 bridgehead atoms. The Kier molecular flexibility index (Phi) is 1.85. The fourth-order valence-corrected chi connectivity index (χ4v) is 2.58. The molecule has 0 amide bonds. The average Bonchev–Trinajstić information content (AvgIpc) is 2.55. The van der Waals surface area contributed by atoms with E-state index in [1.807, 2.05) is 0 Å². The van der Waals surface area contributed by atoms with Crippen molar-refractivity contribution in [3.63, 3.8) is 0 Å². The predicted molar refractivity (Wildman–Crippen MR) is 55.2 cm³/mol. The van der Waals surface area contributed by atoms with Crippen LogP contribution in [-0.2, 0) is 12.8 Å². The molecule has 0 saturated carbocycles. The predicted octanol–water partition coefficient (Wildman–Crippen LogP) is 0.830. The Morgan fingerprint density at radius 2 is 1.64 bits per heavy atom. The maximum atomic E-state index is 9.25. The van der Waals surface area contributed by atoms with Gasteiger partial charge in [-0.1, -0.05) is 24.3 Å². The molecule has 1 N–H and O–H groups in total. The Bertz CT molecular complexity index is 319. The van der Waals surface area contributed by atoms with Crippen LogP contribution in [0.5, 0.6) is 0 Å². The molecular formula is C12H15NO. The van der Waals surface area contributed by atoms with Crippen LogP contribution in [0.25, 0.3) is 0 Å². The highest BCUT2D eigenvalue weighted by Crippen LogP contribution is 2.27. The number of benzene rings is 1. The summed E-state index contributed by atoms with van der Waals surface area (Å²) in [5, 5.41) is 9.25. The van der Waals surface area contributed by atoms with E-state index in [9.17, 15) is 5.11 Å². The largest absolute Gasteiger partial charge is 0.390 e. The van der Waals surface area contributed by atoms with E-state index >= 15 is 0 Å². The van der Waals surface area contributed by atoms with Crippen LogP contribution in [0.3, 0.4) is 0 Å². The Hall–Kier alpha value is -0.860. The standard InChI is InChI=1S/C12H15NO/c14-12-7-13(8-12)11-5-9-3-1-2-4-10(9)6-11/h1-4,11-12,14H,5-8H2. The zero-order chi connectivity index (χ0) is 9.54. The summed E-state index contributed by atoms with van der Waals surface area (Å²) in [5.74, 6) is 0. The molecule has 3 rings (SSSR count). The zero-order valence-corrected chi connectivity index (χ0v) is 8.19. The summed E-state index contributed by atoms with van der Waals surface area (Å²) in [5.41, 5.74) is 3.00. The summed E-state index contributed by atoms with van der Waals surface area (Å²) in [4.78, 5) is 2.39. The van der Waals surface area contributed by atoms with Gasteiger partial charge in [0.25, 0.3) is 0 Å². The third kappa shape index (κ3) is 1.26. The van der Waals surface area contributed by atoms with Crippen LogP contribution in [0.15, 0.2) is 24.3 Å². The van der Waals surface area contributed by atoms with Crippen LogP contribution in [0.2, 0.25) is 0 Å². The Morgan fingerprint density at radius 3 is 2.14 bits per heavy atom. The first-order valence-electron chi connectivity index (χ1n) is 5.32. The van der Waals surface area contributed by atoms with E-state index in [2.05, 4.69) is 29.2 Å². The quantitative estimate of drug-likeness (QED) is 0.707. The summed E-state index contributed by atoms with van der Waals surface area (Å²) in [6.45, 7) is 1.75. The minimum Gasteiger partial charge on any atom is -0.390 e. The van der Waals surface area contributed by atoms with Gasteiger partial charge in [-0.05, 0) is 24.0 Å². The molecule has 14 heavy (non-hydrogen) atoms. The lowest BCUT2D eigenvalue weighted by Gasteiger charge is -2.40. The van der Waals surface area contributed by atoms with Crippen molar-refractivity contribution in [1.82, 2.24) is 4.90 Å². The fraction of sp³-hybridized carbons (Fsp3) is 0.500. The van der Waals surface area contributed by atoms with Gasteiger partial charge < -0.3 is 5.11 Å². The monoisotopic (exact) mass is 189 g/mol. The SMILES string of the molecule is OC1CN(C2Cc3ccccc3C2)C1. The number of aliphatic hydroxyl groups excluding tert-OH is 1. The van der Waals surface area contributed by atoms with Gasteiger partial charge in [-0.15, -0.1) is 0 Å². The molecule has 74 valence electrons. The van der Waals surface area contributed by atoms with Gasteiger partial charge in [0.05, 0.1) is 6.10 Å². The highest BCUT2D eigenvalue weighted by atomic mass is 16.3. The van der Waals surface area contributed by atoms with Crippen molar-refractivity contribution in [2.45, 2.75) is 25.0 Å². The number of β-amino-alcohol motifs (C(OH)–C–C–N with tert-alkyl or cyclic N) is 1. The normalized spacial score (nSPS) is 23.5. The van der Waals surface area contributed by atoms with E-state index < -0.39 is 0 Å². The highest BCUT2D eigenvalue weighted by Gasteiger charge is 2.34. The molecule has 1 aromatic rings. The van der Waals surface area contributed by atoms with Crippen LogP contribution >= 0.6 is 0 Å². The lowest BCUT2D eigenvalue weighted by molar-refractivity contribution is -0.0221. The minimum atomic E-state index is -0.0706. The molecule has 1 fully saturated rings. The van der Waals surface area contributed by atoms with Gasteiger partial charge in [-0.2, -0.15) is 0 Å².